The summed E-state index contributed by atoms with van der Waals surface area (Å²) in [5, 5.41) is 0. The van der Waals surface area contributed by atoms with Crippen LogP contribution < -0.4 is 5.73 Å². The van der Waals surface area contributed by atoms with Crippen molar-refractivity contribution in [3.8, 4) is 0 Å². The Hall–Kier alpha value is -1.02. The number of hydrogen-bond acceptors (Lipinski definition) is 2. The summed E-state index contributed by atoms with van der Waals surface area (Å²) in [7, 11) is 0. The number of benzene rings is 1. The molecule has 2 aliphatic rings. The van der Waals surface area contributed by atoms with E-state index >= 15 is 0 Å². The first-order valence-electron chi connectivity index (χ1n) is 7.35. The highest BCUT2D eigenvalue weighted by molar-refractivity contribution is 5.46. The molecule has 1 aliphatic heterocycles. The van der Waals surface area contributed by atoms with Crippen molar-refractivity contribution in [1.82, 2.24) is 4.90 Å². The van der Waals surface area contributed by atoms with Crippen molar-refractivity contribution in [3.05, 3.63) is 29.3 Å². The van der Waals surface area contributed by atoms with Gasteiger partial charge in [0, 0.05) is 24.8 Å². The number of anilines is 1. The van der Waals surface area contributed by atoms with E-state index in [-0.39, 0.29) is 0 Å². The normalized spacial score (nSPS) is 28.9. The number of hydrogen-bond donors (Lipinski definition) is 1. The van der Waals surface area contributed by atoms with Gasteiger partial charge in [0.05, 0.1) is 0 Å². The van der Waals surface area contributed by atoms with E-state index < -0.39 is 0 Å². The first kappa shape index (κ1) is 12.0. The van der Waals surface area contributed by atoms with E-state index in [0.717, 1.165) is 30.7 Å². The molecule has 3 rings (SSSR count). The lowest BCUT2D eigenvalue weighted by Crippen LogP contribution is -2.35. The summed E-state index contributed by atoms with van der Waals surface area (Å²) >= 11 is 0. The maximum Gasteiger partial charge on any atom is 0.0317 e. The van der Waals surface area contributed by atoms with Gasteiger partial charge >= 0.3 is 0 Å². The van der Waals surface area contributed by atoms with Gasteiger partial charge in [0.1, 0.15) is 0 Å². The van der Waals surface area contributed by atoms with Gasteiger partial charge in [-0.15, -0.1) is 0 Å². The second-order valence-corrected chi connectivity index (χ2v) is 6.12. The standard InChI is InChI=1S/C16H24N2/c1-12-5-3-2-4-6-16(12)18-10-13-7-8-15(17)9-14(13)11-18/h7-9,12,16H,2-6,10-11,17H2,1H3. The van der Waals surface area contributed by atoms with E-state index in [0.29, 0.717) is 0 Å². The fourth-order valence-corrected chi connectivity index (χ4v) is 3.69. The van der Waals surface area contributed by atoms with E-state index in [4.69, 9.17) is 5.73 Å². The van der Waals surface area contributed by atoms with Crippen LogP contribution in [0.4, 0.5) is 5.69 Å². The summed E-state index contributed by atoms with van der Waals surface area (Å²) in [6.07, 6.45) is 7.04. The Morgan fingerprint density at radius 1 is 1.06 bits per heavy atom. The molecule has 0 bridgehead atoms. The molecule has 1 aromatic carbocycles. The summed E-state index contributed by atoms with van der Waals surface area (Å²) in [6.45, 7) is 4.67. The Labute approximate surface area is 110 Å². The molecule has 0 saturated heterocycles. The van der Waals surface area contributed by atoms with Crippen molar-refractivity contribution < 1.29 is 0 Å². The van der Waals surface area contributed by atoms with Gasteiger partial charge in [-0.1, -0.05) is 32.3 Å². The quantitative estimate of drug-likeness (QED) is 0.604. The molecule has 18 heavy (non-hydrogen) atoms. The fraction of sp³-hybridized carbons (Fsp3) is 0.625. The van der Waals surface area contributed by atoms with E-state index in [1.165, 1.54) is 43.2 Å². The summed E-state index contributed by atoms with van der Waals surface area (Å²) in [6, 6.07) is 7.20. The van der Waals surface area contributed by atoms with Crippen LogP contribution in [0.2, 0.25) is 0 Å². The largest absolute Gasteiger partial charge is 0.399 e. The van der Waals surface area contributed by atoms with Gasteiger partial charge in [0.2, 0.25) is 0 Å². The molecule has 1 aromatic rings. The van der Waals surface area contributed by atoms with Crippen LogP contribution in [0.3, 0.4) is 0 Å². The summed E-state index contributed by atoms with van der Waals surface area (Å²) in [5.74, 6) is 0.846. The van der Waals surface area contributed by atoms with Crippen molar-refractivity contribution in [2.45, 2.75) is 58.2 Å². The Morgan fingerprint density at radius 3 is 2.72 bits per heavy atom. The van der Waals surface area contributed by atoms with Crippen molar-refractivity contribution >= 4 is 5.69 Å². The predicted molar refractivity (Wildman–Crippen MR) is 76.1 cm³/mol. The zero-order valence-corrected chi connectivity index (χ0v) is 11.4. The van der Waals surface area contributed by atoms with Gasteiger partial charge in [-0.25, -0.2) is 0 Å². The number of rotatable bonds is 1. The Bertz CT molecular complexity index is 427. The molecular formula is C16H24N2. The first-order chi connectivity index (χ1) is 8.74. The number of nitrogens with zero attached hydrogens (tertiary/aromatic N) is 1. The van der Waals surface area contributed by atoms with Crippen LogP contribution in [0.15, 0.2) is 18.2 Å². The molecule has 2 nitrogen and oxygen atoms in total. The first-order valence-corrected chi connectivity index (χ1v) is 7.35. The number of nitrogen functional groups attached to an aromatic ring is 1. The number of fused-ring (bicyclic) bond motifs is 1. The summed E-state index contributed by atoms with van der Waals surface area (Å²) in [5.41, 5.74) is 9.73. The zero-order chi connectivity index (χ0) is 12.5. The zero-order valence-electron chi connectivity index (χ0n) is 11.4. The molecule has 98 valence electrons. The smallest absolute Gasteiger partial charge is 0.0317 e. The summed E-state index contributed by atoms with van der Waals surface area (Å²) < 4.78 is 0. The predicted octanol–water partition coefficient (Wildman–Crippen LogP) is 3.55. The maximum atomic E-state index is 5.89. The lowest BCUT2D eigenvalue weighted by Gasteiger charge is -2.31. The third kappa shape index (κ3) is 2.26. The average Bonchev–Trinajstić information content (AvgIpc) is 2.63. The van der Waals surface area contributed by atoms with Gasteiger partial charge in [-0.05, 0) is 42.0 Å². The average molecular weight is 244 g/mol. The second-order valence-electron chi connectivity index (χ2n) is 6.12. The number of nitrogens with two attached hydrogens (primary N) is 1. The molecule has 1 heterocycles. The Balaban J connectivity index is 1.76. The fourth-order valence-electron chi connectivity index (χ4n) is 3.69. The molecule has 2 atom stereocenters. The molecule has 0 radical (unpaired) electrons. The van der Waals surface area contributed by atoms with Crippen LogP contribution in [0.1, 0.15) is 50.2 Å². The highest BCUT2D eigenvalue weighted by atomic mass is 15.2. The molecule has 2 N–H and O–H groups in total. The SMILES string of the molecule is CC1CCCCCC1N1Cc2ccc(N)cc2C1. The lowest BCUT2D eigenvalue weighted by molar-refractivity contribution is 0.139. The van der Waals surface area contributed by atoms with E-state index in [2.05, 4.69) is 24.0 Å². The third-order valence-electron chi connectivity index (χ3n) is 4.76. The molecule has 2 heteroatoms. The highest BCUT2D eigenvalue weighted by Gasteiger charge is 2.30. The van der Waals surface area contributed by atoms with Crippen LogP contribution in [0.25, 0.3) is 0 Å². The van der Waals surface area contributed by atoms with Gasteiger partial charge in [0.25, 0.3) is 0 Å². The van der Waals surface area contributed by atoms with Crippen LogP contribution in [0.5, 0.6) is 0 Å². The minimum atomic E-state index is 0.779. The topological polar surface area (TPSA) is 29.3 Å². The van der Waals surface area contributed by atoms with Crippen molar-refractivity contribution in [1.29, 1.82) is 0 Å². The molecule has 1 aliphatic carbocycles. The Morgan fingerprint density at radius 2 is 1.83 bits per heavy atom. The van der Waals surface area contributed by atoms with Crippen molar-refractivity contribution in [2.24, 2.45) is 5.92 Å². The van der Waals surface area contributed by atoms with Crippen LogP contribution in [-0.2, 0) is 13.1 Å². The monoisotopic (exact) mass is 244 g/mol. The van der Waals surface area contributed by atoms with E-state index in [1.807, 2.05) is 6.07 Å². The summed E-state index contributed by atoms with van der Waals surface area (Å²) in [4.78, 5) is 2.68. The van der Waals surface area contributed by atoms with Crippen LogP contribution >= 0.6 is 0 Å². The minimum absolute atomic E-state index is 0.779. The highest BCUT2D eigenvalue weighted by Crippen LogP contribution is 2.33. The second kappa shape index (κ2) is 4.93. The maximum absolute atomic E-state index is 5.89. The third-order valence-corrected chi connectivity index (χ3v) is 4.76. The molecule has 0 spiro atoms. The van der Waals surface area contributed by atoms with E-state index in [1.54, 1.807) is 0 Å². The van der Waals surface area contributed by atoms with Crippen molar-refractivity contribution in [2.75, 3.05) is 5.73 Å². The van der Waals surface area contributed by atoms with Gasteiger partial charge < -0.3 is 5.73 Å². The molecular weight excluding hydrogens is 220 g/mol. The van der Waals surface area contributed by atoms with Gasteiger partial charge in [-0.2, -0.15) is 0 Å². The molecule has 0 aromatic heterocycles. The molecule has 0 amide bonds. The minimum Gasteiger partial charge on any atom is -0.399 e. The molecule has 2 unspecified atom stereocenters. The van der Waals surface area contributed by atoms with Gasteiger partial charge in [0.15, 0.2) is 0 Å². The van der Waals surface area contributed by atoms with Crippen LogP contribution in [-0.4, -0.2) is 10.9 Å². The molecule has 1 fully saturated rings. The lowest BCUT2D eigenvalue weighted by atomic mass is 9.95. The van der Waals surface area contributed by atoms with Crippen molar-refractivity contribution in [3.63, 3.8) is 0 Å². The van der Waals surface area contributed by atoms with E-state index in [9.17, 15) is 0 Å². The Kier molecular flexibility index (Phi) is 3.29. The van der Waals surface area contributed by atoms with Gasteiger partial charge in [-0.3, -0.25) is 4.90 Å². The van der Waals surface area contributed by atoms with Crippen LogP contribution in [0, 0.1) is 5.92 Å². The molecule has 1 saturated carbocycles.